The molecule has 9 aromatic rings. The molecule has 0 bridgehead atoms. The minimum atomic E-state index is -0.127. The van der Waals surface area contributed by atoms with Crippen LogP contribution in [0.1, 0.15) is 49.9 Å². The predicted octanol–water partition coefficient (Wildman–Crippen LogP) is 16.4. The second-order valence-corrected chi connectivity index (χ2v) is 17.7. The van der Waals surface area contributed by atoms with Crippen molar-refractivity contribution < 1.29 is 0 Å². The lowest BCUT2D eigenvalue weighted by atomic mass is 9.79. The number of anilines is 3. The van der Waals surface area contributed by atoms with Gasteiger partial charge < -0.3 is 4.90 Å². The highest BCUT2D eigenvalue weighted by molar-refractivity contribution is 5.99. The van der Waals surface area contributed by atoms with Crippen LogP contribution < -0.4 is 4.90 Å². The number of para-hydroxylation sites is 1. The second kappa shape index (κ2) is 14.2. The normalized spacial score (nSPS) is 13.8. The van der Waals surface area contributed by atoms with Crippen molar-refractivity contribution in [3.63, 3.8) is 0 Å². The summed E-state index contributed by atoms with van der Waals surface area (Å²) < 4.78 is 0. The lowest BCUT2D eigenvalue weighted by molar-refractivity contribution is 0.660. The lowest BCUT2D eigenvalue weighted by Crippen LogP contribution is -2.16. The van der Waals surface area contributed by atoms with Crippen LogP contribution in [0.25, 0.3) is 66.8 Å². The fraction of sp³-hybridized carbons (Fsp3) is 0.100. The molecular weight excluding hydrogens is 735 g/mol. The van der Waals surface area contributed by atoms with Crippen LogP contribution in [0.4, 0.5) is 17.1 Å². The second-order valence-electron chi connectivity index (χ2n) is 17.7. The predicted molar refractivity (Wildman–Crippen MR) is 258 cm³/mol. The summed E-state index contributed by atoms with van der Waals surface area (Å²) in [5.74, 6) is 0. The summed E-state index contributed by atoms with van der Waals surface area (Å²) in [5.41, 5.74) is 23.8. The summed E-state index contributed by atoms with van der Waals surface area (Å²) in [6, 6.07) is 78.4. The maximum atomic E-state index is 2.47. The molecule has 0 N–H and O–H groups in total. The van der Waals surface area contributed by atoms with Crippen LogP contribution in [-0.4, -0.2) is 0 Å². The number of nitrogens with zero attached hydrogens (tertiary/aromatic N) is 1. The highest BCUT2D eigenvalue weighted by atomic mass is 15.1. The third-order valence-corrected chi connectivity index (χ3v) is 13.5. The molecule has 0 spiro atoms. The van der Waals surface area contributed by atoms with E-state index in [1.807, 2.05) is 0 Å². The molecule has 2 aliphatic rings. The summed E-state index contributed by atoms with van der Waals surface area (Å²) in [7, 11) is 0. The largest absolute Gasteiger partial charge is 0.310 e. The zero-order chi connectivity index (χ0) is 41.3. The Morgan fingerprint density at radius 2 is 0.770 bits per heavy atom. The molecule has 0 amide bonds. The highest BCUT2D eigenvalue weighted by Gasteiger charge is 2.38. The Morgan fingerprint density at radius 3 is 1.49 bits per heavy atom. The van der Waals surface area contributed by atoms with E-state index >= 15 is 0 Å². The first kappa shape index (κ1) is 36.8. The van der Waals surface area contributed by atoms with Gasteiger partial charge in [0.2, 0.25) is 0 Å². The van der Waals surface area contributed by atoms with Gasteiger partial charge in [0.25, 0.3) is 0 Å². The molecule has 0 heterocycles. The minimum Gasteiger partial charge on any atom is -0.310 e. The van der Waals surface area contributed by atoms with Crippen LogP contribution in [-0.2, 0) is 10.8 Å². The first-order valence-electron chi connectivity index (χ1n) is 21.5. The molecule has 61 heavy (non-hydrogen) atoms. The van der Waals surface area contributed by atoms with E-state index < -0.39 is 0 Å². The van der Waals surface area contributed by atoms with Crippen LogP contribution in [0.3, 0.4) is 0 Å². The molecule has 1 nitrogen and oxygen atoms in total. The average molecular weight is 782 g/mol. The zero-order valence-electron chi connectivity index (χ0n) is 35.2. The molecular formula is C60H47N. The summed E-state index contributed by atoms with van der Waals surface area (Å²) >= 11 is 0. The van der Waals surface area contributed by atoms with Crippen molar-refractivity contribution in [3.8, 4) is 66.8 Å². The fourth-order valence-corrected chi connectivity index (χ4v) is 10.5. The molecule has 9 aromatic carbocycles. The Morgan fingerprint density at radius 1 is 0.295 bits per heavy atom. The van der Waals surface area contributed by atoms with Gasteiger partial charge >= 0.3 is 0 Å². The van der Waals surface area contributed by atoms with Crippen molar-refractivity contribution in [1.82, 2.24) is 0 Å². The summed E-state index contributed by atoms with van der Waals surface area (Å²) in [6.45, 7) is 9.48. The van der Waals surface area contributed by atoms with Crippen molar-refractivity contribution in [3.05, 3.63) is 235 Å². The average Bonchev–Trinajstić information content (AvgIpc) is 3.70. The van der Waals surface area contributed by atoms with E-state index in [9.17, 15) is 0 Å². The Kier molecular flexibility index (Phi) is 8.58. The minimum absolute atomic E-state index is 0.0938. The van der Waals surface area contributed by atoms with Crippen molar-refractivity contribution in [1.29, 1.82) is 0 Å². The molecule has 0 atom stereocenters. The monoisotopic (exact) mass is 781 g/mol. The number of fused-ring (bicyclic) bond motifs is 6. The quantitative estimate of drug-likeness (QED) is 0.156. The van der Waals surface area contributed by atoms with Gasteiger partial charge in [0.1, 0.15) is 0 Å². The molecule has 0 aromatic heterocycles. The maximum Gasteiger partial charge on any atom is 0.0540 e. The summed E-state index contributed by atoms with van der Waals surface area (Å²) in [5, 5.41) is 0. The van der Waals surface area contributed by atoms with E-state index in [0.29, 0.717) is 0 Å². The topological polar surface area (TPSA) is 3.24 Å². The number of benzene rings is 9. The van der Waals surface area contributed by atoms with Crippen molar-refractivity contribution in [2.24, 2.45) is 0 Å². The third-order valence-electron chi connectivity index (χ3n) is 13.5. The molecule has 0 aliphatic heterocycles. The Balaban J connectivity index is 1.07. The molecule has 1 heteroatoms. The molecule has 0 radical (unpaired) electrons. The summed E-state index contributed by atoms with van der Waals surface area (Å²) in [6.07, 6.45) is 0. The van der Waals surface area contributed by atoms with Crippen molar-refractivity contribution in [2.45, 2.75) is 38.5 Å². The van der Waals surface area contributed by atoms with E-state index in [1.54, 1.807) is 0 Å². The number of hydrogen-bond donors (Lipinski definition) is 0. The number of hydrogen-bond acceptors (Lipinski definition) is 1. The van der Waals surface area contributed by atoms with E-state index in [4.69, 9.17) is 0 Å². The van der Waals surface area contributed by atoms with Crippen LogP contribution in [0, 0.1) is 0 Å². The molecule has 0 fully saturated rings. The van der Waals surface area contributed by atoms with Crippen molar-refractivity contribution >= 4 is 17.1 Å². The fourth-order valence-electron chi connectivity index (χ4n) is 10.5. The van der Waals surface area contributed by atoms with Gasteiger partial charge in [-0.3, -0.25) is 0 Å². The first-order valence-corrected chi connectivity index (χ1v) is 21.5. The van der Waals surface area contributed by atoms with Crippen LogP contribution in [0.5, 0.6) is 0 Å². The van der Waals surface area contributed by atoms with Crippen LogP contribution >= 0.6 is 0 Å². The smallest absolute Gasteiger partial charge is 0.0540 e. The Bertz CT molecular complexity index is 3110. The number of rotatable bonds is 7. The van der Waals surface area contributed by atoms with Gasteiger partial charge in [0, 0.05) is 27.8 Å². The van der Waals surface area contributed by atoms with E-state index in [1.165, 1.54) is 89.0 Å². The van der Waals surface area contributed by atoms with Crippen LogP contribution in [0.15, 0.2) is 212 Å². The molecule has 0 saturated carbocycles. The van der Waals surface area contributed by atoms with Crippen LogP contribution in [0.2, 0.25) is 0 Å². The van der Waals surface area contributed by atoms with Gasteiger partial charge in [-0.1, -0.05) is 210 Å². The standard InChI is InChI=1S/C60H47N/c1-59(2)54-28-12-9-23-52(54)57-50(25-16-29-55(57)59)49-22-10-13-30-56(49)61(45-37-35-43(36-38-45)42-33-31-41(32-34-42)40-17-6-5-7-18-40)46-20-14-19-44(39-46)47-24-15-26-51-48-21-8-11-27-53(48)60(3,4)58(47)51/h5-39H,1-4H3. The van der Waals surface area contributed by atoms with Gasteiger partial charge in [-0.2, -0.15) is 0 Å². The van der Waals surface area contributed by atoms with Gasteiger partial charge in [-0.25, -0.2) is 0 Å². The van der Waals surface area contributed by atoms with Crippen molar-refractivity contribution in [2.75, 3.05) is 4.90 Å². The van der Waals surface area contributed by atoms with E-state index in [-0.39, 0.29) is 10.8 Å². The van der Waals surface area contributed by atoms with Gasteiger partial charge in [0.05, 0.1) is 5.69 Å². The van der Waals surface area contributed by atoms with Gasteiger partial charge in [0.15, 0.2) is 0 Å². The Labute approximate surface area is 360 Å². The molecule has 11 rings (SSSR count). The molecule has 0 saturated heterocycles. The molecule has 2 aliphatic carbocycles. The summed E-state index contributed by atoms with van der Waals surface area (Å²) in [4.78, 5) is 2.47. The highest BCUT2D eigenvalue weighted by Crippen LogP contribution is 2.55. The van der Waals surface area contributed by atoms with E-state index in [2.05, 4.69) is 245 Å². The molecule has 0 unspecified atom stereocenters. The SMILES string of the molecule is CC1(C)c2ccccc2-c2c(-c3ccccc3N(c3ccc(-c4ccc(-c5ccccc5)cc4)cc3)c3cccc(-c4cccc5c4C(C)(C)c4ccccc4-5)c3)cccc21. The molecule has 292 valence electrons. The third kappa shape index (κ3) is 5.91. The van der Waals surface area contributed by atoms with E-state index in [0.717, 1.165) is 17.1 Å². The lowest BCUT2D eigenvalue weighted by Gasteiger charge is -2.30. The Hall–Kier alpha value is -7.22. The van der Waals surface area contributed by atoms with Gasteiger partial charge in [-0.05, 0) is 114 Å². The first-order chi connectivity index (χ1) is 29.8. The maximum absolute atomic E-state index is 2.47. The van der Waals surface area contributed by atoms with Gasteiger partial charge in [-0.15, -0.1) is 0 Å². The zero-order valence-corrected chi connectivity index (χ0v) is 35.2.